The van der Waals surface area contributed by atoms with Gasteiger partial charge in [-0.3, -0.25) is 9.55 Å². The van der Waals surface area contributed by atoms with E-state index in [1.807, 2.05) is 44.2 Å². The molecule has 0 atom stereocenters. The summed E-state index contributed by atoms with van der Waals surface area (Å²) in [5, 5.41) is 11.9. The number of rotatable bonds is 6. The summed E-state index contributed by atoms with van der Waals surface area (Å²) in [6.45, 7) is 13.5. The molecule has 0 fully saturated rings. The fourth-order valence-corrected chi connectivity index (χ4v) is 8.40. The summed E-state index contributed by atoms with van der Waals surface area (Å²) in [5.41, 5.74) is 10.5. The molecule has 0 aliphatic rings. The van der Waals surface area contributed by atoms with Gasteiger partial charge in [-0.1, -0.05) is 179 Å². The van der Waals surface area contributed by atoms with Gasteiger partial charge in [-0.25, -0.2) is 4.98 Å². The zero-order valence-electron chi connectivity index (χ0n) is 48.2. The Labute approximate surface area is 415 Å². The third-order valence-electron chi connectivity index (χ3n) is 12.2. The van der Waals surface area contributed by atoms with E-state index >= 15 is 0 Å². The number of phenolic OH excluding ortho intramolecular Hbond substituents is 1. The quantitative estimate of drug-likeness (QED) is 0.169. The van der Waals surface area contributed by atoms with Crippen molar-refractivity contribution in [3.63, 3.8) is 0 Å². The minimum atomic E-state index is -3.37. The molecule has 1 N–H and O–H groups in total. The molecular formula is C60H64N3OPt-. The summed E-state index contributed by atoms with van der Waals surface area (Å²) in [7, 11) is 0. The van der Waals surface area contributed by atoms with E-state index in [0.717, 1.165) is 55.7 Å². The van der Waals surface area contributed by atoms with E-state index in [9.17, 15) is 5.11 Å². The first kappa shape index (κ1) is 36.6. The third-order valence-corrected chi connectivity index (χ3v) is 12.2. The molecule has 0 aliphatic heterocycles. The van der Waals surface area contributed by atoms with E-state index in [1.165, 1.54) is 17.7 Å². The largest absolute Gasteiger partial charge is 0.507 e. The number of pyridine rings is 1. The normalized spacial score (nSPS) is 15.0. The third kappa shape index (κ3) is 9.57. The summed E-state index contributed by atoms with van der Waals surface area (Å²) >= 11 is 0. The van der Waals surface area contributed by atoms with Gasteiger partial charge in [0.05, 0.1) is 22.3 Å². The smallest absolute Gasteiger partial charge is 0.148 e. The number of aryl methyl sites for hydroxylation is 2. The van der Waals surface area contributed by atoms with Gasteiger partial charge in [0.2, 0.25) is 0 Å². The Balaban J connectivity index is 0.00000800. The number of benzene rings is 6. The standard InChI is InChI=1S/C60H64N3O.Pt/c1-37-30-38(2)55(64)50(31-37)56-62-54-49(16-15-17-52(54)63(56)53-36-46(59(9,10)11)26-27-48(53)40-20-24-45(25-21-40)58(6,7)8)42-32-43(34-47(33-42)60(12,13)14)51-35-41(28-29-61-51)39-18-22-44(23-19-39)57(3,4)5;/h15-31,33-36,64H,1-14H3;/q-1;/i3D3,4D3,5D3;. The average Bonchev–Trinajstić information content (AvgIpc) is 3.67. The molecule has 65 heavy (non-hydrogen) atoms. The zero-order valence-corrected chi connectivity index (χ0v) is 41.5. The maximum Gasteiger partial charge on any atom is 0.148 e. The van der Waals surface area contributed by atoms with Crippen LogP contribution in [-0.2, 0) is 42.7 Å². The van der Waals surface area contributed by atoms with Gasteiger partial charge >= 0.3 is 0 Å². The van der Waals surface area contributed by atoms with Crippen LogP contribution in [0.2, 0.25) is 0 Å². The van der Waals surface area contributed by atoms with Crippen molar-refractivity contribution in [2.45, 2.75) is 118 Å². The Morgan fingerprint density at radius 2 is 1.15 bits per heavy atom. The van der Waals surface area contributed by atoms with Crippen molar-refractivity contribution in [3.8, 4) is 67.5 Å². The number of phenols is 1. The molecule has 336 valence electrons. The molecule has 0 unspecified atom stereocenters. The Morgan fingerprint density at radius 1 is 0.554 bits per heavy atom. The van der Waals surface area contributed by atoms with Crippen molar-refractivity contribution in [2.75, 3.05) is 0 Å². The van der Waals surface area contributed by atoms with Gasteiger partial charge < -0.3 is 5.11 Å². The number of hydrogen-bond donors (Lipinski definition) is 1. The van der Waals surface area contributed by atoms with Crippen molar-refractivity contribution in [3.05, 3.63) is 167 Å². The first-order chi connectivity index (χ1) is 33.7. The minimum Gasteiger partial charge on any atom is -0.507 e. The Hall–Kier alpha value is -5.57. The van der Waals surface area contributed by atoms with Crippen LogP contribution >= 0.6 is 0 Å². The average molecular weight is 1050 g/mol. The minimum absolute atomic E-state index is 0. The van der Waals surface area contributed by atoms with Gasteiger partial charge in [0.1, 0.15) is 11.6 Å². The van der Waals surface area contributed by atoms with Crippen LogP contribution in [0.4, 0.5) is 0 Å². The zero-order chi connectivity index (χ0) is 53.6. The molecule has 0 aliphatic carbocycles. The van der Waals surface area contributed by atoms with E-state index in [1.54, 1.807) is 24.4 Å². The van der Waals surface area contributed by atoms with Crippen molar-refractivity contribution in [1.82, 2.24) is 14.5 Å². The second-order valence-electron chi connectivity index (χ2n) is 20.4. The summed E-state index contributed by atoms with van der Waals surface area (Å²) in [5.74, 6) is 0.744. The van der Waals surface area contributed by atoms with Crippen LogP contribution < -0.4 is 0 Å². The fraction of sp³-hybridized carbons (Fsp3) is 0.300. The predicted molar refractivity (Wildman–Crippen MR) is 271 cm³/mol. The SMILES string of the molecule is [2H]C([2H])([2H])C(c1ccc(-c2ccnc(-c3[c-]c(-c4cccc5c4nc(-c4cc(C)cc(C)c4O)n5-c4cc(C(C)(C)C)ccc4-c4ccc(C(C)(C)C)cc4)cc(C(C)(C)C)c3)c2)cc1)(C([2H])([2H])[2H])C([2H])([2H])[2H].[Pt]. The molecule has 0 radical (unpaired) electrons. The van der Waals surface area contributed by atoms with E-state index in [4.69, 9.17) is 22.3 Å². The van der Waals surface area contributed by atoms with E-state index < -0.39 is 26.0 Å². The molecule has 2 aromatic heterocycles. The first-order valence-electron chi connectivity index (χ1n) is 26.5. The number of para-hydroxylation sites is 1. The van der Waals surface area contributed by atoms with E-state index in [0.29, 0.717) is 39.3 Å². The monoisotopic (exact) mass is 1050 g/mol. The van der Waals surface area contributed by atoms with Gasteiger partial charge in [0.25, 0.3) is 0 Å². The first-order valence-corrected chi connectivity index (χ1v) is 22.0. The molecule has 0 saturated carbocycles. The van der Waals surface area contributed by atoms with Gasteiger partial charge in [0.15, 0.2) is 0 Å². The number of imidazole rings is 1. The van der Waals surface area contributed by atoms with E-state index in [-0.39, 0.29) is 48.6 Å². The summed E-state index contributed by atoms with van der Waals surface area (Å²) in [6.07, 6.45) is 1.67. The molecule has 0 saturated heterocycles. The van der Waals surface area contributed by atoms with E-state index in [2.05, 4.69) is 134 Å². The van der Waals surface area contributed by atoms with Crippen molar-refractivity contribution < 1.29 is 38.5 Å². The van der Waals surface area contributed by atoms with Gasteiger partial charge in [-0.05, 0) is 104 Å². The molecule has 2 heterocycles. The molecule has 8 aromatic rings. The molecule has 0 bridgehead atoms. The molecule has 0 amide bonds. The van der Waals surface area contributed by atoms with Crippen LogP contribution in [0.3, 0.4) is 0 Å². The van der Waals surface area contributed by atoms with Gasteiger partial charge in [-0.2, -0.15) is 0 Å². The Morgan fingerprint density at radius 3 is 1.78 bits per heavy atom. The van der Waals surface area contributed by atoms with Gasteiger partial charge in [0, 0.05) is 50.9 Å². The maximum absolute atomic E-state index is 11.9. The molecule has 6 aromatic carbocycles. The summed E-state index contributed by atoms with van der Waals surface area (Å²) < 4.78 is 76.0. The number of hydrogen-bond acceptors (Lipinski definition) is 3. The number of aromatic hydroxyl groups is 1. The summed E-state index contributed by atoms with van der Waals surface area (Å²) in [4.78, 5) is 10.3. The van der Waals surface area contributed by atoms with Gasteiger partial charge in [-0.15, -0.1) is 29.3 Å². The molecule has 4 nitrogen and oxygen atoms in total. The molecule has 5 heteroatoms. The molecule has 0 spiro atoms. The van der Waals surface area contributed by atoms with Crippen LogP contribution in [0.1, 0.15) is 129 Å². The van der Waals surface area contributed by atoms with Crippen LogP contribution in [-0.4, -0.2) is 19.6 Å². The fourth-order valence-electron chi connectivity index (χ4n) is 8.40. The van der Waals surface area contributed by atoms with Crippen molar-refractivity contribution >= 4 is 11.0 Å². The second kappa shape index (κ2) is 17.3. The van der Waals surface area contributed by atoms with Crippen LogP contribution in [0.15, 0.2) is 128 Å². The topological polar surface area (TPSA) is 50.9 Å². The number of nitrogens with zero attached hydrogens (tertiary/aromatic N) is 3. The Bertz CT molecular complexity index is 3350. The van der Waals surface area contributed by atoms with Crippen LogP contribution in [0.5, 0.6) is 5.75 Å². The summed E-state index contributed by atoms with van der Waals surface area (Å²) in [6, 6.07) is 42.8. The van der Waals surface area contributed by atoms with Crippen LogP contribution in [0, 0.1) is 19.9 Å². The van der Waals surface area contributed by atoms with Crippen molar-refractivity contribution in [1.29, 1.82) is 0 Å². The Kier molecular flexibility index (Phi) is 9.77. The van der Waals surface area contributed by atoms with Crippen molar-refractivity contribution in [2.24, 2.45) is 0 Å². The predicted octanol–water partition coefficient (Wildman–Crippen LogP) is 16.1. The second-order valence-corrected chi connectivity index (χ2v) is 20.4. The molecule has 8 rings (SSSR count). The number of aromatic nitrogens is 3. The maximum atomic E-state index is 11.9. The molecular weight excluding hydrogens is 974 g/mol. The van der Waals surface area contributed by atoms with Crippen LogP contribution in [0.25, 0.3) is 72.7 Å². The number of fused-ring (bicyclic) bond motifs is 1.